The Morgan fingerprint density at radius 2 is 1.81 bits per heavy atom. The number of amides is 1. The van der Waals surface area contributed by atoms with Crippen molar-refractivity contribution >= 4 is 34.6 Å². The first-order valence-corrected chi connectivity index (χ1v) is 10.4. The fourth-order valence-corrected chi connectivity index (χ4v) is 3.27. The van der Waals surface area contributed by atoms with Crippen LogP contribution in [0.3, 0.4) is 0 Å². The molecular formula is C24H24ClNO6. The van der Waals surface area contributed by atoms with E-state index in [1.807, 2.05) is 30.3 Å². The maximum absolute atomic E-state index is 13.0. The van der Waals surface area contributed by atoms with Crippen LogP contribution in [0.4, 0.5) is 4.79 Å². The van der Waals surface area contributed by atoms with Gasteiger partial charge in [0.2, 0.25) is 0 Å². The molecule has 3 aromatic rings. The van der Waals surface area contributed by atoms with Crippen molar-refractivity contribution in [2.75, 3.05) is 0 Å². The second kappa shape index (κ2) is 9.44. The zero-order valence-corrected chi connectivity index (χ0v) is 19.0. The fraction of sp³-hybridized carbons (Fsp3) is 0.292. The first kappa shape index (κ1) is 23.3. The SMILES string of the molecule is Cc1cc(=O)oc2cc(OC(=O)C(Cc3ccccc3)NC(=O)OC(C)(C)C)c(Cl)cc12. The standard InChI is InChI=1S/C24H24ClNO6/c1-14-10-21(27)30-19-13-20(17(25)12-16(14)19)31-22(28)18(11-15-8-6-5-7-9-15)26-23(29)32-24(2,3)4/h5-10,12-13,18H,11H2,1-4H3,(H,26,29). The quantitative estimate of drug-likeness (QED) is 0.336. The van der Waals surface area contributed by atoms with Gasteiger partial charge >= 0.3 is 17.7 Å². The number of ether oxygens (including phenoxy) is 2. The van der Waals surface area contributed by atoms with E-state index < -0.39 is 29.3 Å². The molecule has 0 aliphatic carbocycles. The second-order valence-electron chi connectivity index (χ2n) is 8.34. The van der Waals surface area contributed by atoms with E-state index in [4.69, 9.17) is 25.5 Å². The minimum Gasteiger partial charge on any atom is -0.444 e. The van der Waals surface area contributed by atoms with Crippen molar-refractivity contribution in [1.82, 2.24) is 5.32 Å². The Hall–Kier alpha value is -3.32. The third-order valence-electron chi connectivity index (χ3n) is 4.47. The summed E-state index contributed by atoms with van der Waals surface area (Å²) in [6, 6.07) is 12.4. The summed E-state index contributed by atoms with van der Waals surface area (Å²) in [6.45, 7) is 6.92. The smallest absolute Gasteiger partial charge is 0.408 e. The van der Waals surface area contributed by atoms with E-state index >= 15 is 0 Å². The van der Waals surface area contributed by atoms with Crippen LogP contribution in [0.1, 0.15) is 31.9 Å². The first-order chi connectivity index (χ1) is 15.0. The Bertz CT molecular complexity index is 1200. The van der Waals surface area contributed by atoms with Crippen molar-refractivity contribution < 1.29 is 23.5 Å². The second-order valence-corrected chi connectivity index (χ2v) is 8.74. The van der Waals surface area contributed by atoms with Crippen molar-refractivity contribution in [3.63, 3.8) is 0 Å². The molecule has 0 aliphatic rings. The average Bonchev–Trinajstić information content (AvgIpc) is 2.68. The third-order valence-corrected chi connectivity index (χ3v) is 4.77. The van der Waals surface area contributed by atoms with Crippen LogP contribution in [0.2, 0.25) is 5.02 Å². The predicted octanol–water partition coefficient (Wildman–Crippen LogP) is 4.80. The van der Waals surface area contributed by atoms with E-state index in [1.54, 1.807) is 33.8 Å². The molecule has 0 radical (unpaired) electrons. The van der Waals surface area contributed by atoms with Crippen LogP contribution < -0.4 is 15.7 Å². The predicted molar refractivity (Wildman–Crippen MR) is 121 cm³/mol. The van der Waals surface area contributed by atoms with Gasteiger partial charge in [-0.25, -0.2) is 14.4 Å². The van der Waals surface area contributed by atoms with E-state index in [-0.39, 0.29) is 22.8 Å². The largest absolute Gasteiger partial charge is 0.444 e. The summed E-state index contributed by atoms with van der Waals surface area (Å²) in [7, 11) is 0. The molecule has 8 heteroatoms. The number of hydrogen-bond donors (Lipinski definition) is 1. The lowest BCUT2D eigenvalue weighted by molar-refractivity contribution is -0.136. The lowest BCUT2D eigenvalue weighted by Crippen LogP contribution is -2.46. The van der Waals surface area contributed by atoms with Gasteiger partial charge in [0.05, 0.1) is 5.02 Å². The van der Waals surface area contributed by atoms with Crippen LogP contribution in [0, 0.1) is 6.92 Å². The average molecular weight is 458 g/mol. The van der Waals surface area contributed by atoms with E-state index in [2.05, 4.69) is 5.32 Å². The number of rotatable bonds is 5. The molecule has 7 nitrogen and oxygen atoms in total. The van der Waals surface area contributed by atoms with Gasteiger partial charge in [0.1, 0.15) is 17.2 Å². The molecule has 1 atom stereocenters. The van der Waals surface area contributed by atoms with Gasteiger partial charge < -0.3 is 19.2 Å². The number of nitrogens with one attached hydrogen (secondary N) is 1. The summed E-state index contributed by atoms with van der Waals surface area (Å²) in [5, 5.41) is 3.36. The van der Waals surface area contributed by atoms with Crippen molar-refractivity contribution in [2.24, 2.45) is 0 Å². The molecule has 1 unspecified atom stereocenters. The van der Waals surface area contributed by atoms with Gasteiger partial charge in [-0.2, -0.15) is 0 Å². The zero-order valence-electron chi connectivity index (χ0n) is 18.2. The third kappa shape index (κ3) is 6.11. The Labute approximate surface area is 190 Å². The fourth-order valence-electron chi connectivity index (χ4n) is 3.07. The van der Waals surface area contributed by atoms with Crippen molar-refractivity contribution in [1.29, 1.82) is 0 Å². The van der Waals surface area contributed by atoms with Gasteiger partial charge in [0, 0.05) is 23.9 Å². The maximum Gasteiger partial charge on any atom is 0.408 e. The molecular weight excluding hydrogens is 434 g/mol. The van der Waals surface area contributed by atoms with Crippen LogP contribution in [-0.2, 0) is 16.0 Å². The van der Waals surface area contributed by atoms with Crippen molar-refractivity contribution in [2.45, 2.75) is 45.8 Å². The van der Waals surface area contributed by atoms with Gasteiger partial charge in [-0.1, -0.05) is 41.9 Å². The first-order valence-electron chi connectivity index (χ1n) is 10.0. The number of carbonyl (C=O) groups excluding carboxylic acids is 2. The molecule has 0 aliphatic heterocycles. The highest BCUT2D eigenvalue weighted by Crippen LogP contribution is 2.31. The van der Waals surface area contributed by atoms with Gasteiger partial charge in [-0.3, -0.25) is 0 Å². The van der Waals surface area contributed by atoms with Crippen molar-refractivity contribution in [3.8, 4) is 5.75 Å². The molecule has 1 heterocycles. The van der Waals surface area contributed by atoms with Gasteiger partial charge in [-0.15, -0.1) is 0 Å². The molecule has 0 saturated carbocycles. The summed E-state index contributed by atoms with van der Waals surface area (Å²) < 4.78 is 16.0. The number of carbonyl (C=O) groups is 2. The van der Waals surface area contributed by atoms with E-state index in [0.29, 0.717) is 10.9 Å². The Balaban J connectivity index is 1.87. The highest BCUT2D eigenvalue weighted by molar-refractivity contribution is 6.33. The van der Waals surface area contributed by atoms with Gasteiger partial charge in [0.25, 0.3) is 0 Å². The zero-order chi connectivity index (χ0) is 23.5. The van der Waals surface area contributed by atoms with Crippen LogP contribution in [0.15, 0.2) is 57.7 Å². The topological polar surface area (TPSA) is 94.8 Å². The summed E-state index contributed by atoms with van der Waals surface area (Å²) in [6.07, 6.45) is -0.570. The molecule has 32 heavy (non-hydrogen) atoms. The van der Waals surface area contributed by atoms with Crippen LogP contribution >= 0.6 is 11.6 Å². The normalized spacial score (nSPS) is 12.3. The molecule has 0 saturated heterocycles. The molecule has 2 aromatic carbocycles. The summed E-state index contributed by atoms with van der Waals surface area (Å²) >= 11 is 6.31. The molecule has 1 amide bonds. The molecule has 3 rings (SSSR count). The molecule has 0 spiro atoms. The minimum absolute atomic E-state index is 0.0157. The summed E-state index contributed by atoms with van der Waals surface area (Å²) in [5.74, 6) is -0.724. The maximum atomic E-state index is 13.0. The summed E-state index contributed by atoms with van der Waals surface area (Å²) in [5.41, 5.74) is 0.480. The lowest BCUT2D eigenvalue weighted by atomic mass is 10.1. The molecule has 0 bridgehead atoms. The van der Waals surface area contributed by atoms with Crippen molar-refractivity contribution in [3.05, 3.63) is 75.1 Å². The highest BCUT2D eigenvalue weighted by atomic mass is 35.5. The van der Waals surface area contributed by atoms with E-state index in [9.17, 15) is 14.4 Å². The number of fused-ring (bicyclic) bond motifs is 1. The molecule has 1 N–H and O–H groups in total. The molecule has 0 fully saturated rings. The van der Waals surface area contributed by atoms with E-state index in [1.165, 1.54) is 12.1 Å². The Morgan fingerprint density at radius 3 is 2.47 bits per heavy atom. The van der Waals surface area contributed by atoms with Crippen LogP contribution in [0.25, 0.3) is 11.0 Å². The summed E-state index contributed by atoms with van der Waals surface area (Å²) in [4.78, 5) is 37.0. The Morgan fingerprint density at radius 1 is 1.12 bits per heavy atom. The Kier molecular flexibility index (Phi) is 6.89. The number of benzene rings is 2. The number of hydrogen-bond acceptors (Lipinski definition) is 6. The minimum atomic E-state index is -1.04. The number of halogens is 1. The number of aryl methyl sites for hydroxylation is 1. The molecule has 168 valence electrons. The molecule has 1 aromatic heterocycles. The highest BCUT2D eigenvalue weighted by Gasteiger charge is 2.27. The van der Waals surface area contributed by atoms with Crippen LogP contribution in [-0.4, -0.2) is 23.7 Å². The van der Waals surface area contributed by atoms with Gasteiger partial charge in [0.15, 0.2) is 5.75 Å². The lowest BCUT2D eigenvalue weighted by Gasteiger charge is -2.23. The van der Waals surface area contributed by atoms with Gasteiger partial charge in [-0.05, 0) is 44.9 Å². The number of esters is 1. The van der Waals surface area contributed by atoms with E-state index in [0.717, 1.165) is 5.56 Å². The number of alkyl carbamates (subject to hydrolysis) is 1. The van der Waals surface area contributed by atoms with Crippen LogP contribution in [0.5, 0.6) is 5.75 Å². The monoisotopic (exact) mass is 457 g/mol.